The van der Waals surface area contributed by atoms with Crippen LogP contribution >= 0.6 is 0 Å². The third-order valence-electron chi connectivity index (χ3n) is 5.77. The molecule has 148 valence electrons. The van der Waals surface area contributed by atoms with Gasteiger partial charge in [0.2, 0.25) is 5.91 Å². The highest BCUT2D eigenvalue weighted by Gasteiger charge is 2.43. The summed E-state index contributed by atoms with van der Waals surface area (Å²) in [5.74, 6) is -0.520. The summed E-state index contributed by atoms with van der Waals surface area (Å²) in [6.07, 6.45) is 4.85. The maximum absolute atomic E-state index is 13.5. The van der Waals surface area contributed by atoms with E-state index in [0.717, 1.165) is 28.8 Å². The fourth-order valence-electron chi connectivity index (χ4n) is 4.26. The quantitative estimate of drug-likeness (QED) is 0.697. The molecule has 0 aliphatic carbocycles. The first-order valence-electron chi connectivity index (χ1n) is 9.81. The number of carbonyl (C=O) groups is 1. The molecule has 2 aromatic carbocycles. The SMILES string of the molecule is NC(=O)C1(Cc2ccccc2-c2cccnc2)CCN(Cc2cccc(F)c2)C1. The van der Waals surface area contributed by atoms with Crippen molar-refractivity contribution in [2.75, 3.05) is 13.1 Å². The van der Waals surface area contributed by atoms with Gasteiger partial charge in [-0.2, -0.15) is 0 Å². The van der Waals surface area contributed by atoms with Gasteiger partial charge < -0.3 is 5.73 Å². The minimum Gasteiger partial charge on any atom is -0.369 e. The zero-order valence-corrected chi connectivity index (χ0v) is 16.2. The molecule has 1 aromatic heterocycles. The van der Waals surface area contributed by atoms with Gasteiger partial charge in [0, 0.05) is 31.0 Å². The molecule has 0 radical (unpaired) electrons. The number of nitrogens with zero attached hydrogens (tertiary/aromatic N) is 2. The Balaban J connectivity index is 1.57. The Labute approximate surface area is 170 Å². The van der Waals surface area contributed by atoms with Gasteiger partial charge in [0.15, 0.2) is 0 Å². The minimum atomic E-state index is -0.633. The molecule has 1 aliphatic heterocycles. The van der Waals surface area contributed by atoms with Gasteiger partial charge in [0.1, 0.15) is 5.82 Å². The zero-order chi connectivity index (χ0) is 20.3. The van der Waals surface area contributed by atoms with E-state index < -0.39 is 5.41 Å². The predicted octanol–water partition coefficient (Wildman–Crippen LogP) is 3.81. The molecule has 2 heterocycles. The van der Waals surface area contributed by atoms with E-state index in [9.17, 15) is 9.18 Å². The Morgan fingerprint density at radius 2 is 2.00 bits per heavy atom. The summed E-state index contributed by atoms with van der Waals surface area (Å²) in [6, 6.07) is 18.6. The molecule has 1 atom stereocenters. The van der Waals surface area contributed by atoms with E-state index >= 15 is 0 Å². The van der Waals surface area contributed by atoms with Crippen molar-refractivity contribution in [2.24, 2.45) is 11.1 Å². The van der Waals surface area contributed by atoms with E-state index in [1.54, 1.807) is 18.3 Å². The monoisotopic (exact) mass is 389 g/mol. The number of hydrogen-bond donors (Lipinski definition) is 1. The summed E-state index contributed by atoms with van der Waals surface area (Å²) < 4.78 is 13.5. The van der Waals surface area contributed by atoms with Crippen molar-refractivity contribution in [1.29, 1.82) is 0 Å². The van der Waals surface area contributed by atoms with Crippen LogP contribution in [0.3, 0.4) is 0 Å². The fraction of sp³-hybridized carbons (Fsp3) is 0.250. The van der Waals surface area contributed by atoms with Crippen LogP contribution in [-0.2, 0) is 17.8 Å². The van der Waals surface area contributed by atoms with Crippen LogP contribution in [0.4, 0.5) is 4.39 Å². The lowest BCUT2D eigenvalue weighted by Crippen LogP contribution is -2.41. The lowest BCUT2D eigenvalue weighted by molar-refractivity contribution is -0.127. The molecule has 4 nitrogen and oxygen atoms in total. The van der Waals surface area contributed by atoms with Gasteiger partial charge in [-0.05, 0) is 54.3 Å². The molecule has 1 saturated heterocycles. The van der Waals surface area contributed by atoms with Gasteiger partial charge in [0.25, 0.3) is 0 Å². The van der Waals surface area contributed by atoms with E-state index in [2.05, 4.69) is 22.0 Å². The molecule has 1 fully saturated rings. The number of likely N-dealkylation sites (tertiary alicyclic amines) is 1. The molecular weight excluding hydrogens is 365 g/mol. The van der Waals surface area contributed by atoms with Crippen LogP contribution < -0.4 is 5.73 Å². The van der Waals surface area contributed by atoms with Gasteiger partial charge >= 0.3 is 0 Å². The topological polar surface area (TPSA) is 59.2 Å². The molecule has 2 N–H and O–H groups in total. The molecule has 3 aromatic rings. The lowest BCUT2D eigenvalue weighted by Gasteiger charge is -2.27. The molecule has 0 spiro atoms. The molecule has 1 unspecified atom stereocenters. The van der Waals surface area contributed by atoms with E-state index in [1.807, 2.05) is 36.5 Å². The first kappa shape index (κ1) is 19.3. The number of carbonyl (C=O) groups excluding carboxylic acids is 1. The second-order valence-electron chi connectivity index (χ2n) is 7.81. The predicted molar refractivity (Wildman–Crippen MR) is 111 cm³/mol. The van der Waals surface area contributed by atoms with E-state index in [1.165, 1.54) is 6.07 Å². The van der Waals surface area contributed by atoms with Gasteiger partial charge in [-0.15, -0.1) is 0 Å². The van der Waals surface area contributed by atoms with Crippen molar-refractivity contribution in [1.82, 2.24) is 9.88 Å². The minimum absolute atomic E-state index is 0.242. The summed E-state index contributed by atoms with van der Waals surface area (Å²) in [4.78, 5) is 19.0. The second-order valence-corrected chi connectivity index (χ2v) is 7.81. The van der Waals surface area contributed by atoms with E-state index in [4.69, 9.17) is 5.73 Å². The Bertz CT molecular complexity index is 1010. The number of hydrogen-bond acceptors (Lipinski definition) is 3. The van der Waals surface area contributed by atoms with Gasteiger partial charge in [-0.25, -0.2) is 4.39 Å². The molecule has 0 bridgehead atoms. The Kier molecular flexibility index (Phi) is 5.41. The summed E-state index contributed by atoms with van der Waals surface area (Å²) in [5, 5.41) is 0. The van der Waals surface area contributed by atoms with Crippen LogP contribution in [0, 0.1) is 11.2 Å². The summed E-state index contributed by atoms with van der Waals surface area (Å²) in [6.45, 7) is 1.94. The number of aromatic nitrogens is 1. The van der Waals surface area contributed by atoms with Crippen molar-refractivity contribution in [3.05, 3.63) is 90.0 Å². The van der Waals surface area contributed by atoms with Crippen molar-refractivity contribution in [3.63, 3.8) is 0 Å². The average molecular weight is 389 g/mol. The Morgan fingerprint density at radius 3 is 2.76 bits per heavy atom. The van der Waals surface area contributed by atoms with Crippen molar-refractivity contribution in [2.45, 2.75) is 19.4 Å². The standard InChI is InChI=1S/C24H24FN3O/c25-21-8-3-5-18(13-21)16-28-12-10-24(17-28,23(26)29)14-19-6-1-2-9-22(19)20-7-4-11-27-15-20/h1-9,11,13,15H,10,12,14,16-17H2,(H2,26,29). The summed E-state index contributed by atoms with van der Waals surface area (Å²) >= 11 is 0. The molecule has 0 saturated carbocycles. The van der Waals surface area contributed by atoms with Crippen LogP contribution in [0.2, 0.25) is 0 Å². The van der Waals surface area contributed by atoms with Gasteiger partial charge in [-0.1, -0.05) is 42.5 Å². The number of rotatable bonds is 6. The molecule has 4 rings (SSSR count). The summed E-state index contributed by atoms with van der Waals surface area (Å²) in [7, 11) is 0. The van der Waals surface area contributed by atoms with Crippen molar-refractivity contribution < 1.29 is 9.18 Å². The lowest BCUT2D eigenvalue weighted by atomic mass is 9.78. The van der Waals surface area contributed by atoms with Crippen LogP contribution in [-0.4, -0.2) is 28.9 Å². The highest BCUT2D eigenvalue weighted by atomic mass is 19.1. The van der Waals surface area contributed by atoms with E-state index in [-0.39, 0.29) is 11.7 Å². The first-order chi connectivity index (χ1) is 14.1. The number of halogens is 1. The third-order valence-corrected chi connectivity index (χ3v) is 5.77. The third kappa shape index (κ3) is 4.20. The van der Waals surface area contributed by atoms with Crippen LogP contribution in [0.15, 0.2) is 73.1 Å². The van der Waals surface area contributed by atoms with Crippen LogP contribution in [0.5, 0.6) is 0 Å². The largest absolute Gasteiger partial charge is 0.369 e. The number of benzene rings is 2. The first-order valence-corrected chi connectivity index (χ1v) is 9.81. The maximum atomic E-state index is 13.5. The van der Waals surface area contributed by atoms with Crippen LogP contribution in [0.25, 0.3) is 11.1 Å². The molecule has 5 heteroatoms. The molecule has 1 aliphatic rings. The van der Waals surface area contributed by atoms with Gasteiger partial charge in [-0.3, -0.25) is 14.7 Å². The van der Waals surface area contributed by atoms with Gasteiger partial charge in [0.05, 0.1) is 5.41 Å². The number of amides is 1. The Morgan fingerprint density at radius 1 is 1.14 bits per heavy atom. The second kappa shape index (κ2) is 8.13. The molecular formula is C24H24FN3O. The zero-order valence-electron chi connectivity index (χ0n) is 16.2. The molecule has 29 heavy (non-hydrogen) atoms. The normalized spacial score (nSPS) is 19.3. The number of pyridine rings is 1. The van der Waals surface area contributed by atoms with Crippen LogP contribution in [0.1, 0.15) is 17.5 Å². The highest BCUT2D eigenvalue weighted by Crippen LogP contribution is 2.37. The fourth-order valence-corrected chi connectivity index (χ4v) is 4.26. The number of nitrogens with two attached hydrogens (primary N) is 1. The molecule has 1 amide bonds. The highest BCUT2D eigenvalue weighted by molar-refractivity contribution is 5.82. The maximum Gasteiger partial charge on any atom is 0.225 e. The van der Waals surface area contributed by atoms with Crippen molar-refractivity contribution in [3.8, 4) is 11.1 Å². The van der Waals surface area contributed by atoms with Crippen molar-refractivity contribution >= 4 is 5.91 Å². The number of primary amides is 1. The van der Waals surface area contributed by atoms with E-state index in [0.29, 0.717) is 25.9 Å². The Hall–Kier alpha value is -3.05. The average Bonchev–Trinajstić information content (AvgIpc) is 3.13. The smallest absolute Gasteiger partial charge is 0.225 e. The summed E-state index contributed by atoms with van der Waals surface area (Å²) in [5.41, 5.74) is 9.37.